The van der Waals surface area contributed by atoms with Crippen LogP contribution in [0.1, 0.15) is 33.6 Å². The van der Waals surface area contributed by atoms with Gasteiger partial charge in [-0.25, -0.2) is 0 Å². The third kappa shape index (κ3) is 11.6. The molecular weight excluding hydrogens is 266 g/mol. The standard InChI is InChI=1S/C13H23NO6/c1-4-13(19-9-10(2)15)20-12(17)5-6-14-7-8-18-11(3)16/h13-14H,4-9H2,1-3H3. The van der Waals surface area contributed by atoms with Crippen LogP contribution in [0.2, 0.25) is 0 Å². The zero-order chi connectivity index (χ0) is 15.4. The van der Waals surface area contributed by atoms with Crippen LogP contribution in [0.25, 0.3) is 0 Å². The Morgan fingerprint density at radius 2 is 1.85 bits per heavy atom. The van der Waals surface area contributed by atoms with Crippen LogP contribution >= 0.6 is 0 Å². The lowest BCUT2D eigenvalue weighted by atomic mass is 10.4. The molecule has 7 nitrogen and oxygen atoms in total. The number of esters is 2. The van der Waals surface area contributed by atoms with E-state index in [1.165, 1.54) is 13.8 Å². The second-order valence-electron chi connectivity index (χ2n) is 4.18. The molecule has 0 aromatic rings. The highest BCUT2D eigenvalue weighted by molar-refractivity contribution is 5.76. The summed E-state index contributed by atoms with van der Waals surface area (Å²) in [6.07, 6.45) is -0.0220. The van der Waals surface area contributed by atoms with E-state index in [0.29, 0.717) is 19.5 Å². The minimum absolute atomic E-state index is 0.0631. The van der Waals surface area contributed by atoms with Gasteiger partial charge in [-0.15, -0.1) is 0 Å². The topological polar surface area (TPSA) is 90.9 Å². The summed E-state index contributed by atoms with van der Waals surface area (Å²) in [5, 5.41) is 2.94. The van der Waals surface area contributed by atoms with Crippen molar-refractivity contribution in [3.05, 3.63) is 0 Å². The minimum atomic E-state index is -0.688. The fraction of sp³-hybridized carbons (Fsp3) is 0.769. The number of rotatable bonds is 11. The van der Waals surface area contributed by atoms with Crippen LogP contribution in [0.4, 0.5) is 0 Å². The maximum atomic E-state index is 11.5. The van der Waals surface area contributed by atoms with Crippen molar-refractivity contribution in [1.82, 2.24) is 5.32 Å². The fourth-order valence-corrected chi connectivity index (χ4v) is 1.23. The molecule has 0 aliphatic carbocycles. The first kappa shape index (κ1) is 18.5. The van der Waals surface area contributed by atoms with Gasteiger partial charge in [0.2, 0.25) is 6.29 Å². The van der Waals surface area contributed by atoms with E-state index in [1.54, 1.807) is 6.92 Å². The van der Waals surface area contributed by atoms with Crippen LogP contribution in [0.3, 0.4) is 0 Å². The molecule has 0 amide bonds. The van der Waals surface area contributed by atoms with E-state index in [1.807, 2.05) is 0 Å². The highest BCUT2D eigenvalue weighted by atomic mass is 16.7. The molecule has 0 spiro atoms. The molecule has 0 aromatic carbocycles. The number of ketones is 1. The van der Waals surface area contributed by atoms with E-state index in [-0.39, 0.29) is 31.4 Å². The van der Waals surface area contributed by atoms with E-state index in [2.05, 4.69) is 5.32 Å². The third-order valence-electron chi connectivity index (χ3n) is 2.16. The van der Waals surface area contributed by atoms with Crippen LogP contribution in [0.15, 0.2) is 0 Å². The van der Waals surface area contributed by atoms with Crippen LogP contribution in [-0.2, 0) is 28.6 Å². The van der Waals surface area contributed by atoms with Gasteiger partial charge in [-0.2, -0.15) is 0 Å². The summed E-state index contributed by atoms with van der Waals surface area (Å²) in [5.41, 5.74) is 0. The smallest absolute Gasteiger partial charge is 0.309 e. The van der Waals surface area contributed by atoms with Crippen molar-refractivity contribution >= 4 is 17.7 Å². The van der Waals surface area contributed by atoms with Gasteiger partial charge >= 0.3 is 11.9 Å². The molecule has 116 valence electrons. The molecule has 0 heterocycles. The number of carbonyl (C=O) groups excluding carboxylic acids is 3. The molecule has 0 rings (SSSR count). The zero-order valence-corrected chi connectivity index (χ0v) is 12.3. The van der Waals surface area contributed by atoms with Gasteiger partial charge in [0.05, 0.1) is 6.42 Å². The average molecular weight is 289 g/mol. The van der Waals surface area contributed by atoms with Crippen LogP contribution < -0.4 is 5.32 Å². The first-order valence-electron chi connectivity index (χ1n) is 6.60. The number of ether oxygens (including phenoxy) is 3. The van der Waals surface area contributed by atoms with Crippen LogP contribution in [-0.4, -0.2) is 50.3 Å². The highest BCUT2D eigenvalue weighted by Crippen LogP contribution is 2.02. The maximum Gasteiger partial charge on any atom is 0.309 e. The maximum absolute atomic E-state index is 11.5. The monoisotopic (exact) mass is 289 g/mol. The molecule has 20 heavy (non-hydrogen) atoms. The van der Waals surface area contributed by atoms with Crippen LogP contribution in [0, 0.1) is 0 Å². The van der Waals surface area contributed by atoms with Gasteiger partial charge in [-0.1, -0.05) is 6.92 Å². The average Bonchev–Trinajstić information content (AvgIpc) is 2.38. The first-order valence-corrected chi connectivity index (χ1v) is 6.60. The number of hydrogen-bond donors (Lipinski definition) is 1. The molecule has 1 atom stereocenters. The van der Waals surface area contributed by atoms with Gasteiger partial charge in [-0.3, -0.25) is 14.4 Å². The van der Waals surface area contributed by atoms with Crippen molar-refractivity contribution in [2.24, 2.45) is 0 Å². The molecule has 0 aliphatic rings. The predicted octanol–water partition coefficient (Wildman–Crippen LogP) is 0.414. The second kappa shape index (κ2) is 11.4. The summed E-state index contributed by atoms with van der Waals surface area (Å²) in [5.74, 6) is -0.855. The summed E-state index contributed by atoms with van der Waals surface area (Å²) in [6, 6.07) is 0. The second-order valence-corrected chi connectivity index (χ2v) is 4.18. The van der Waals surface area contributed by atoms with Crippen molar-refractivity contribution < 1.29 is 28.6 Å². The minimum Gasteiger partial charge on any atom is -0.465 e. The normalized spacial score (nSPS) is 11.8. The quantitative estimate of drug-likeness (QED) is 0.335. The van der Waals surface area contributed by atoms with Crippen molar-refractivity contribution in [2.75, 3.05) is 26.3 Å². The Kier molecular flexibility index (Phi) is 10.5. The molecule has 1 N–H and O–H groups in total. The fourth-order valence-electron chi connectivity index (χ4n) is 1.23. The Hall–Kier alpha value is -1.47. The number of hydrogen-bond acceptors (Lipinski definition) is 7. The lowest BCUT2D eigenvalue weighted by Gasteiger charge is -2.16. The molecule has 1 unspecified atom stereocenters. The zero-order valence-electron chi connectivity index (χ0n) is 12.3. The summed E-state index contributed by atoms with van der Waals surface area (Å²) >= 11 is 0. The summed E-state index contributed by atoms with van der Waals surface area (Å²) in [6.45, 7) is 5.64. The molecular formula is C13H23NO6. The number of carbonyl (C=O) groups is 3. The van der Waals surface area contributed by atoms with Gasteiger partial charge in [0, 0.05) is 26.4 Å². The molecule has 0 saturated heterocycles. The van der Waals surface area contributed by atoms with Crippen molar-refractivity contribution in [1.29, 1.82) is 0 Å². The van der Waals surface area contributed by atoms with Crippen molar-refractivity contribution in [3.8, 4) is 0 Å². The van der Waals surface area contributed by atoms with E-state index >= 15 is 0 Å². The molecule has 0 aromatic heterocycles. The summed E-state index contributed by atoms with van der Waals surface area (Å²) in [4.78, 5) is 32.7. The Labute approximate surface area is 118 Å². The summed E-state index contributed by atoms with van der Waals surface area (Å²) < 4.78 is 14.9. The first-order chi connectivity index (χ1) is 9.45. The molecule has 0 fully saturated rings. The van der Waals surface area contributed by atoms with E-state index < -0.39 is 12.3 Å². The highest BCUT2D eigenvalue weighted by Gasteiger charge is 2.13. The molecule has 0 radical (unpaired) electrons. The SMILES string of the molecule is CCC(OCC(C)=O)OC(=O)CCNCCOC(C)=O. The predicted molar refractivity (Wildman–Crippen MR) is 70.9 cm³/mol. The molecule has 0 aliphatic heterocycles. The largest absolute Gasteiger partial charge is 0.465 e. The van der Waals surface area contributed by atoms with Crippen LogP contribution in [0.5, 0.6) is 0 Å². The Morgan fingerprint density at radius 3 is 2.40 bits per heavy atom. The number of nitrogens with one attached hydrogen (secondary N) is 1. The van der Waals surface area contributed by atoms with Gasteiger partial charge in [0.1, 0.15) is 13.2 Å². The van der Waals surface area contributed by atoms with Gasteiger partial charge in [0.25, 0.3) is 0 Å². The molecule has 0 bridgehead atoms. The van der Waals surface area contributed by atoms with E-state index in [9.17, 15) is 14.4 Å². The lowest BCUT2D eigenvalue weighted by Crippen LogP contribution is -2.27. The van der Waals surface area contributed by atoms with Gasteiger partial charge in [0.15, 0.2) is 5.78 Å². The van der Waals surface area contributed by atoms with E-state index in [0.717, 1.165) is 0 Å². The number of Topliss-reactive ketones (excluding diaryl/α,β-unsaturated/α-hetero) is 1. The molecule has 0 saturated carbocycles. The van der Waals surface area contributed by atoms with E-state index in [4.69, 9.17) is 14.2 Å². The third-order valence-corrected chi connectivity index (χ3v) is 2.16. The Balaban J connectivity index is 3.64. The van der Waals surface area contributed by atoms with Gasteiger partial charge in [-0.05, 0) is 6.92 Å². The summed E-state index contributed by atoms with van der Waals surface area (Å²) in [7, 11) is 0. The lowest BCUT2D eigenvalue weighted by molar-refractivity contribution is -0.180. The molecule has 7 heteroatoms. The van der Waals surface area contributed by atoms with Gasteiger partial charge < -0.3 is 19.5 Å². The van der Waals surface area contributed by atoms with Crippen molar-refractivity contribution in [3.63, 3.8) is 0 Å². The Morgan fingerprint density at radius 1 is 1.15 bits per heavy atom. The Bertz CT molecular complexity index is 318. The van der Waals surface area contributed by atoms with Crippen molar-refractivity contribution in [2.45, 2.75) is 39.9 Å².